The van der Waals surface area contributed by atoms with Crippen molar-refractivity contribution in [3.63, 3.8) is 0 Å². The summed E-state index contributed by atoms with van der Waals surface area (Å²) in [4.78, 5) is 22.0. The molecule has 0 aliphatic carbocycles. The van der Waals surface area contributed by atoms with Gasteiger partial charge in [0.15, 0.2) is 0 Å². The summed E-state index contributed by atoms with van der Waals surface area (Å²) >= 11 is 0. The number of carboxylic acids is 1. The van der Waals surface area contributed by atoms with Gasteiger partial charge in [0.1, 0.15) is 11.9 Å². The number of aromatic carboxylic acids is 1. The maximum atomic E-state index is 13.3. The van der Waals surface area contributed by atoms with E-state index in [1.807, 2.05) is 0 Å². The van der Waals surface area contributed by atoms with Crippen molar-refractivity contribution in [1.82, 2.24) is 0 Å². The Morgan fingerprint density at radius 2 is 2.18 bits per heavy atom. The quantitative estimate of drug-likeness (QED) is 0.752. The van der Waals surface area contributed by atoms with Gasteiger partial charge >= 0.3 is 11.9 Å². The highest BCUT2D eigenvalue weighted by atomic mass is 19.1. The minimum Gasteiger partial charge on any atom is -0.478 e. The molecule has 0 saturated carbocycles. The normalized spacial score (nSPS) is 11.9. The van der Waals surface area contributed by atoms with Crippen LogP contribution < -0.4 is 5.73 Å². The van der Waals surface area contributed by atoms with E-state index in [0.717, 1.165) is 6.07 Å². The fraction of sp³-hybridized carbons (Fsp3) is 0.273. The van der Waals surface area contributed by atoms with Crippen LogP contribution >= 0.6 is 0 Å². The number of hydrogen-bond acceptors (Lipinski definition) is 4. The Morgan fingerprint density at radius 3 is 2.71 bits per heavy atom. The Labute approximate surface area is 97.0 Å². The Kier molecular flexibility index (Phi) is 4.17. The predicted molar refractivity (Wildman–Crippen MR) is 57.1 cm³/mol. The molecule has 1 aromatic carbocycles. The molecule has 0 amide bonds. The van der Waals surface area contributed by atoms with Crippen molar-refractivity contribution in [1.29, 1.82) is 0 Å². The number of nitrogens with two attached hydrogens (primary N) is 1. The lowest BCUT2D eigenvalue weighted by molar-refractivity contribution is -0.142. The molecule has 5 nitrogen and oxygen atoms in total. The molecule has 0 spiro atoms. The molecule has 6 heteroatoms. The first-order valence-corrected chi connectivity index (χ1v) is 4.81. The fourth-order valence-electron chi connectivity index (χ4n) is 1.45. The molecule has 0 aliphatic rings. The fourth-order valence-corrected chi connectivity index (χ4v) is 1.45. The topological polar surface area (TPSA) is 89.6 Å². The van der Waals surface area contributed by atoms with Crippen LogP contribution in [0.15, 0.2) is 18.2 Å². The van der Waals surface area contributed by atoms with Crippen molar-refractivity contribution in [3.05, 3.63) is 35.1 Å². The summed E-state index contributed by atoms with van der Waals surface area (Å²) in [7, 11) is 1.17. The zero-order valence-corrected chi connectivity index (χ0v) is 9.14. The summed E-state index contributed by atoms with van der Waals surface area (Å²) < 4.78 is 17.7. The molecule has 3 N–H and O–H groups in total. The minimum atomic E-state index is -1.39. The van der Waals surface area contributed by atoms with E-state index in [1.54, 1.807) is 0 Å². The third-order valence-electron chi connectivity index (χ3n) is 2.26. The summed E-state index contributed by atoms with van der Waals surface area (Å²) in [6.07, 6.45) is -0.0912. The van der Waals surface area contributed by atoms with E-state index in [-0.39, 0.29) is 12.0 Å². The molecule has 1 rings (SSSR count). The standard InChI is InChI=1S/C11H12FNO4/c1-17-11(16)8(13)5-6-3-2-4-7(12)9(6)10(14)15/h2-4,8H,5,13H2,1H3,(H,14,15)/t8-/m0/s1. The number of ether oxygens (including phenoxy) is 1. The summed E-state index contributed by atoms with van der Waals surface area (Å²) in [6, 6.07) is 2.80. The molecule has 0 unspecified atom stereocenters. The van der Waals surface area contributed by atoms with Gasteiger partial charge in [0, 0.05) is 0 Å². The number of carbonyl (C=O) groups excluding carboxylic acids is 1. The maximum absolute atomic E-state index is 13.3. The van der Waals surface area contributed by atoms with Crippen molar-refractivity contribution in [2.45, 2.75) is 12.5 Å². The molecule has 0 aliphatic heterocycles. The Bertz CT molecular complexity index is 447. The molecule has 92 valence electrons. The summed E-state index contributed by atoms with van der Waals surface area (Å²) in [5.74, 6) is -2.92. The second kappa shape index (κ2) is 5.40. The van der Waals surface area contributed by atoms with Crippen molar-refractivity contribution in [3.8, 4) is 0 Å². The van der Waals surface area contributed by atoms with Crippen molar-refractivity contribution in [2.75, 3.05) is 7.11 Å². The van der Waals surface area contributed by atoms with Gasteiger partial charge in [-0.25, -0.2) is 9.18 Å². The number of carboxylic acid groups (broad SMARTS) is 1. The lowest BCUT2D eigenvalue weighted by Gasteiger charge is -2.11. The van der Waals surface area contributed by atoms with Gasteiger partial charge in [-0.2, -0.15) is 0 Å². The highest BCUT2D eigenvalue weighted by Gasteiger charge is 2.20. The van der Waals surface area contributed by atoms with E-state index >= 15 is 0 Å². The molecule has 1 aromatic rings. The number of hydrogen-bond donors (Lipinski definition) is 2. The van der Waals surface area contributed by atoms with Gasteiger partial charge in [-0.15, -0.1) is 0 Å². The van der Waals surface area contributed by atoms with Gasteiger partial charge in [-0.05, 0) is 18.1 Å². The highest BCUT2D eigenvalue weighted by Crippen LogP contribution is 2.15. The molecule has 1 atom stereocenters. The zero-order chi connectivity index (χ0) is 13.0. The van der Waals surface area contributed by atoms with Gasteiger partial charge in [0.05, 0.1) is 12.7 Å². The minimum absolute atomic E-state index is 0.0912. The zero-order valence-electron chi connectivity index (χ0n) is 9.14. The highest BCUT2D eigenvalue weighted by molar-refractivity contribution is 5.90. The molecule has 17 heavy (non-hydrogen) atoms. The van der Waals surface area contributed by atoms with Crippen LogP contribution in [0.2, 0.25) is 0 Å². The third-order valence-corrected chi connectivity index (χ3v) is 2.26. The van der Waals surface area contributed by atoms with Gasteiger partial charge < -0.3 is 15.6 Å². The van der Waals surface area contributed by atoms with E-state index in [9.17, 15) is 14.0 Å². The SMILES string of the molecule is COC(=O)[C@@H](N)Cc1cccc(F)c1C(=O)O. The van der Waals surface area contributed by atoms with Gasteiger partial charge in [0.25, 0.3) is 0 Å². The molecule has 0 heterocycles. The lowest BCUT2D eigenvalue weighted by atomic mass is 10.00. The van der Waals surface area contributed by atoms with Crippen LogP contribution in [-0.2, 0) is 16.0 Å². The lowest BCUT2D eigenvalue weighted by Crippen LogP contribution is -2.34. The molecular formula is C11H12FNO4. The first kappa shape index (κ1) is 13.1. The van der Waals surface area contributed by atoms with Crippen LogP contribution in [0.4, 0.5) is 4.39 Å². The number of rotatable bonds is 4. The molecule has 0 aromatic heterocycles. The first-order valence-electron chi connectivity index (χ1n) is 4.81. The smallest absolute Gasteiger partial charge is 0.338 e. The van der Waals surface area contributed by atoms with Crippen LogP contribution in [-0.4, -0.2) is 30.2 Å². The largest absolute Gasteiger partial charge is 0.478 e. The Morgan fingerprint density at radius 1 is 1.53 bits per heavy atom. The average molecular weight is 241 g/mol. The summed E-state index contributed by atoms with van der Waals surface area (Å²) in [5.41, 5.74) is 5.19. The molecule has 0 saturated heterocycles. The number of carbonyl (C=O) groups is 2. The summed E-state index contributed by atoms with van der Waals surface area (Å²) in [5, 5.41) is 8.86. The predicted octanol–water partition coefficient (Wildman–Crippen LogP) is 0.567. The van der Waals surface area contributed by atoms with E-state index in [4.69, 9.17) is 10.8 Å². The Balaban J connectivity index is 3.02. The van der Waals surface area contributed by atoms with Crippen LogP contribution in [0, 0.1) is 5.82 Å². The third kappa shape index (κ3) is 3.01. The van der Waals surface area contributed by atoms with Gasteiger partial charge in [-0.1, -0.05) is 12.1 Å². The number of methoxy groups -OCH3 is 1. The van der Waals surface area contributed by atoms with Crippen LogP contribution in [0.5, 0.6) is 0 Å². The van der Waals surface area contributed by atoms with E-state index in [0.29, 0.717) is 0 Å². The average Bonchev–Trinajstić information content (AvgIpc) is 2.27. The van der Waals surface area contributed by atoms with E-state index < -0.39 is 29.4 Å². The van der Waals surface area contributed by atoms with Crippen molar-refractivity contribution < 1.29 is 23.8 Å². The van der Waals surface area contributed by atoms with Crippen LogP contribution in [0.25, 0.3) is 0 Å². The monoisotopic (exact) mass is 241 g/mol. The van der Waals surface area contributed by atoms with Crippen LogP contribution in [0.1, 0.15) is 15.9 Å². The maximum Gasteiger partial charge on any atom is 0.338 e. The number of esters is 1. The summed E-state index contributed by atoms with van der Waals surface area (Å²) in [6.45, 7) is 0. The molecular weight excluding hydrogens is 229 g/mol. The van der Waals surface area contributed by atoms with Gasteiger partial charge in [-0.3, -0.25) is 4.79 Å². The van der Waals surface area contributed by atoms with Crippen molar-refractivity contribution in [2.24, 2.45) is 5.73 Å². The second-order valence-corrected chi connectivity index (χ2v) is 3.41. The number of benzene rings is 1. The van der Waals surface area contributed by atoms with Crippen LogP contribution in [0.3, 0.4) is 0 Å². The first-order chi connectivity index (χ1) is 7.97. The van der Waals surface area contributed by atoms with E-state index in [1.165, 1.54) is 19.2 Å². The Hall–Kier alpha value is -1.95. The van der Waals surface area contributed by atoms with E-state index in [2.05, 4.69) is 4.74 Å². The van der Waals surface area contributed by atoms with Gasteiger partial charge in [0.2, 0.25) is 0 Å². The molecule has 0 fully saturated rings. The molecule has 0 bridgehead atoms. The molecule has 0 radical (unpaired) electrons. The van der Waals surface area contributed by atoms with Crippen molar-refractivity contribution >= 4 is 11.9 Å². The second-order valence-electron chi connectivity index (χ2n) is 3.41. The number of halogens is 1.